The number of nitrogens with one attached hydrogen (secondary N) is 1. The summed E-state index contributed by atoms with van der Waals surface area (Å²) in [5.41, 5.74) is 2.08. The van der Waals surface area contributed by atoms with Crippen molar-refractivity contribution in [2.45, 2.75) is 6.54 Å². The second-order valence-electron chi connectivity index (χ2n) is 3.99. The van der Waals surface area contributed by atoms with Crippen LogP contribution in [0.5, 0.6) is 5.75 Å². The zero-order valence-electron chi connectivity index (χ0n) is 10.7. The lowest BCUT2D eigenvalue weighted by Gasteiger charge is -2.04. The smallest absolute Gasteiger partial charge is 0.140 e. The maximum absolute atomic E-state index is 5.16. The van der Waals surface area contributed by atoms with Gasteiger partial charge in [-0.3, -0.25) is 0 Å². The van der Waals surface area contributed by atoms with Gasteiger partial charge in [0.25, 0.3) is 0 Å². The van der Waals surface area contributed by atoms with E-state index in [0.717, 1.165) is 34.0 Å². The van der Waals surface area contributed by atoms with Crippen LogP contribution in [0.3, 0.4) is 0 Å². The molecule has 0 aliphatic carbocycles. The predicted octanol–water partition coefficient (Wildman–Crippen LogP) is 2.58. The van der Waals surface area contributed by atoms with E-state index in [9.17, 15) is 0 Å². The molecule has 0 saturated heterocycles. The molecule has 0 fully saturated rings. The topological polar surface area (TPSA) is 39.1 Å². The molecule has 0 saturated carbocycles. The van der Waals surface area contributed by atoms with Gasteiger partial charge in [-0.2, -0.15) is 0 Å². The quantitative estimate of drug-likeness (QED) is 0.943. The molecule has 0 bridgehead atoms. The Hall–Kier alpha value is -1.33. The van der Waals surface area contributed by atoms with Gasteiger partial charge in [-0.1, -0.05) is 0 Å². The molecule has 0 amide bonds. The average Bonchev–Trinajstić information content (AvgIpc) is 2.68. The summed E-state index contributed by atoms with van der Waals surface area (Å²) in [6.07, 6.45) is 0. The number of nitrogens with zero attached hydrogens (tertiary/aromatic N) is 2. The number of methoxy groups -OCH3 is 1. The molecule has 4 nitrogen and oxygen atoms in total. The second kappa shape index (κ2) is 5.54. The fourth-order valence-electron chi connectivity index (χ4n) is 1.81. The van der Waals surface area contributed by atoms with E-state index in [-0.39, 0.29) is 0 Å². The van der Waals surface area contributed by atoms with Gasteiger partial charge in [0.05, 0.1) is 12.8 Å². The Kier molecular flexibility index (Phi) is 4.04. The Morgan fingerprint density at radius 3 is 2.56 bits per heavy atom. The van der Waals surface area contributed by atoms with Crippen LogP contribution in [0.25, 0.3) is 11.4 Å². The van der Waals surface area contributed by atoms with Crippen molar-refractivity contribution in [2.24, 2.45) is 7.05 Å². The van der Waals surface area contributed by atoms with E-state index in [1.165, 1.54) is 0 Å². The molecule has 1 N–H and O–H groups in total. The van der Waals surface area contributed by atoms with Gasteiger partial charge in [-0.15, -0.1) is 0 Å². The van der Waals surface area contributed by atoms with Crippen LogP contribution in [-0.4, -0.2) is 23.7 Å². The minimum atomic E-state index is 0.741. The Morgan fingerprint density at radius 2 is 2.00 bits per heavy atom. The van der Waals surface area contributed by atoms with E-state index in [1.807, 2.05) is 42.9 Å². The van der Waals surface area contributed by atoms with Gasteiger partial charge in [0, 0.05) is 19.2 Å². The molecule has 0 unspecified atom stereocenters. The zero-order chi connectivity index (χ0) is 13.1. The lowest BCUT2D eigenvalue weighted by Crippen LogP contribution is -2.05. The van der Waals surface area contributed by atoms with E-state index >= 15 is 0 Å². The van der Waals surface area contributed by atoms with Crippen molar-refractivity contribution in [1.29, 1.82) is 0 Å². The fourth-order valence-corrected chi connectivity index (χ4v) is 2.21. The number of hydrogen-bond acceptors (Lipinski definition) is 3. The summed E-state index contributed by atoms with van der Waals surface area (Å²) >= 11 is 3.56. The average molecular weight is 310 g/mol. The van der Waals surface area contributed by atoms with Crippen LogP contribution in [0.4, 0.5) is 0 Å². The van der Waals surface area contributed by atoms with Crippen LogP contribution in [0.1, 0.15) is 5.69 Å². The lowest BCUT2D eigenvalue weighted by molar-refractivity contribution is 0.415. The van der Waals surface area contributed by atoms with Crippen molar-refractivity contribution in [1.82, 2.24) is 14.9 Å². The Morgan fingerprint density at radius 1 is 1.33 bits per heavy atom. The fraction of sp³-hybridized carbons (Fsp3) is 0.308. The maximum atomic E-state index is 5.16. The van der Waals surface area contributed by atoms with E-state index in [1.54, 1.807) is 7.11 Å². The molecule has 0 aliphatic rings. The monoisotopic (exact) mass is 309 g/mol. The molecule has 1 aromatic carbocycles. The number of benzene rings is 1. The zero-order valence-corrected chi connectivity index (χ0v) is 12.3. The SMILES string of the molecule is CNCc1nc(-c2ccc(OC)cc2)n(C)c1Br. The molecular formula is C13H16BrN3O. The summed E-state index contributed by atoms with van der Waals surface area (Å²) in [5, 5.41) is 3.11. The van der Waals surface area contributed by atoms with Gasteiger partial charge in [0.2, 0.25) is 0 Å². The van der Waals surface area contributed by atoms with Crippen molar-refractivity contribution in [3.05, 3.63) is 34.6 Å². The molecule has 0 radical (unpaired) electrons. The van der Waals surface area contributed by atoms with E-state index in [2.05, 4.69) is 26.2 Å². The molecule has 5 heteroatoms. The van der Waals surface area contributed by atoms with Gasteiger partial charge in [-0.25, -0.2) is 4.98 Å². The van der Waals surface area contributed by atoms with Crippen LogP contribution in [0, 0.1) is 0 Å². The molecule has 1 aromatic heterocycles. The van der Waals surface area contributed by atoms with Gasteiger partial charge >= 0.3 is 0 Å². The molecule has 0 spiro atoms. The summed E-state index contributed by atoms with van der Waals surface area (Å²) in [5.74, 6) is 1.79. The predicted molar refractivity (Wildman–Crippen MR) is 75.7 cm³/mol. The first-order valence-corrected chi connectivity index (χ1v) is 6.46. The molecule has 2 aromatic rings. The first-order valence-electron chi connectivity index (χ1n) is 5.67. The van der Waals surface area contributed by atoms with Crippen molar-refractivity contribution < 1.29 is 4.74 Å². The summed E-state index contributed by atoms with van der Waals surface area (Å²) in [6.45, 7) is 0.741. The number of imidazole rings is 1. The summed E-state index contributed by atoms with van der Waals surface area (Å²) in [6, 6.07) is 7.90. The number of hydrogen-bond donors (Lipinski definition) is 1. The first kappa shape index (κ1) is 13.1. The highest BCUT2D eigenvalue weighted by Crippen LogP contribution is 2.26. The van der Waals surface area contributed by atoms with E-state index in [4.69, 9.17) is 4.74 Å². The van der Waals surface area contributed by atoms with Gasteiger partial charge in [0.1, 0.15) is 16.2 Å². The minimum absolute atomic E-state index is 0.741. The first-order chi connectivity index (χ1) is 8.67. The van der Waals surface area contributed by atoms with Gasteiger partial charge in [0.15, 0.2) is 0 Å². The van der Waals surface area contributed by atoms with Crippen LogP contribution in [-0.2, 0) is 13.6 Å². The summed E-state index contributed by atoms with van der Waals surface area (Å²) in [7, 11) is 5.57. The summed E-state index contributed by atoms with van der Waals surface area (Å²) in [4.78, 5) is 4.64. The van der Waals surface area contributed by atoms with E-state index in [0.29, 0.717) is 0 Å². The maximum Gasteiger partial charge on any atom is 0.140 e. The van der Waals surface area contributed by atoms with Crippen LogP contribution >= 0.6 is 15.9 Å². The normalized spacial score (nSPS) is 10.7. The third-order valence-corrected chi connectivity index (χ3v) is 3.77. The number of ether oxygens (including phenoxy) is 1. The molecule has 2 rings (SSSR count). The van der Waals surface area contributed by atoms with Crippen molar-refractivity contribution in [3.63, 3.8) is 0 Å². The van der Waals surface area contributed by atoms with Gasteiger partial charge in [-0.05, 0) is 47.2 Å². The summed E-state index contributed by atoms with van der Waals surface area (Å²) < 4.78 is 8.19. The van der Waals surface area contributed by atoms with Crippen LogP contribution < -0.4 is 10.1 Å². The lowest BCUT2D eigenvalue weighted by atomic mass is 10.2. The number of halogens is 1. The minimum Gasteiger partial charge on any atom is -0.497 e. The number of rotatable bonds is 4. The highest BCUT2D eigenvalue weighted by molar-refractivity contribution is 9.10. The van der Waals surface area contributed by atoms with Crippen molar-refractivity contribution >= 4 is 15.9 Å². The van der Waals surface area contributed by atoms with Crippen molar-refractivity contribution in [3.8, 4) is 17.1 Å². The van der Waals surface area contributed by atoms with Crippen molar-refractivity contribution in [2.75, 3.05) is 14.2 Å². The van der Waals surface area contributed by atoms with E-state index < -0.39 is 0 Å². The standard InChI is InChI=1S/C13H16BrN3O/c1-15-8-11-12(14)17(2)13(16-11)9-4-6-10(18-3)7-5-9/h4-7,15H,8H2,1-3H3. The molecular weight excluding hydrogens is 294 g/mol. The van der Waals surface area contributed by atoms with Crippen LogP contribution in [0.15, 0.2) is 28.9 Å². The third-order valence-electron chi connectivity index (χ3n) is 2.78. The third kappa shape index (κ3) is 2.42. The number of aromatic nitrogens is 2. The second-order valence-corrected chi connectivity index (χ2v) is 4.74. The molecule has 0 aliphatic heterocycles. The highest BCUT2D eigenvalue weighted by Gasteiger charge is 2.13. The molecule has 96 valence electrons. The Bertz CT molecular complexity index is 534. The molecule has 18 heavy (non-hydrogen) atoms. The van der Waals surface area contributed by atoms with Gasteiger partial charge < -0.3 is 14.6 Å². The largest absolute Gasteiger partial charge is 0.497 e. The Balaban J connectivity index is 2.40. The molecule has 1 heterocycles. The highest BCUT2D eigenvalue weighted by atomic mass is 79.9. The Labute approximate surface area is 115 Å². The van der Waals surface area contributed by atoms with Crippen LogP contribution in [0.2, 0.25) is 0 Å². The molecule has 0 atom stereocenters.